The second-order valence-electron chi connectivity index (χ2n) is 2.66. The number of hydrogen-bond donors (Lipinski definition) is 0. The smallest absolute Gasteiger partial charge is 0.165 e. The van der Waals surface area contributed by atoms with Crippen molar-refractivity contribution in [2.75, 3.05) is 6.61 Å². The summed E-state index contributed by atoms with van der Waals surface area (Å²) >= 11 is 0. The standard InChI is InChI=1S/C10H11FO2/c1-3-13-10-8(6-12)7(2)4-5-9(10)11/h4-6H,3H2,1-2H3. The molecule has 1 rings (SSSR count). The van der Waals surface area contributed by atoms with Crippen LogP contribution in [0.2, 0.25) is 0 Å². The van der Waals surface area contributed by atoms with Crippen LogP contribution in [-0.2, 0) is 0 Å². The second kappa shape index (κ2) is 4.03. The Morgan fingerprint density at radius 3 is 2.77 bits per heavy atom. The first-order valence-corrected chi connectivity index (χ1v) is 4.07. The fourth-order valence-corrected chi connectivity index (χ4v) is 1.11. The van der Waals surface area contributed by atoms with Crippen molar-refractivity contribution in [3.63, 3.8) is 0 Å². The minimum Gasteiger partial charge on any atom is -0.490 e. The highest BCUT2D eigenvalue weighted by molar-refractivity contribution is 5.81. The summed E-state index contributed by atoms with van der Waals surface area (Å²) in [5, 5.41) is 0. The molecule has 0 aliphatic heterocycles. The molecule has 0 unspecified atom stereocenters. The SMILES string of the molecule is CCOc1c(F)ccc(C)c1C=O. The summed E-state index contributed by atoms with van der Waals surface area (Å²) in [7, 11) is 0. The van der Waals surface area contributed by atoms with Crippen LogP contribution in [0.4, 0.5) is 4.39 Å². The molecule has 1 aromatic rings. The maximum Gasteiger partial charge on any atom is 0.165 e. The molecule has 70 valence electrons. The van der Waals surface area contributed by atoms with Gasteiger partial charge >= 0.3 is 0 Å². The van der Waals surface area contributed by atoms with Crippen LogP contribution in [0.15, 0.2) is 12.1 Å². The lowest BCUT2D eigenvalue weighted by atomic mass is 10.1. The van der Waals surface area contributed by atoms with Crippen LogP contribution in [0.5, 0.6) is 5.75 Å². The van der Waals surface area contributed by atoms with Gasteiger partial charge in [-0.15, -0.1) is 0 Å². The molecule has 0 aliphatic rings. The average molecular weight is 182 g/mol. The molecule has 0 heterocycles. The van der Waals surface area contributed by atoms with Crippen LogP contribution in [0.25, 0.3) is 0 Å². The number of carbonyl (C=O) groups is 1. The van der Waals surface area contributed by atoms with Gasteiger partial charge in [0.1, 0.15) is 0 Å². The summed E-state index contributed by atoms with van der Waals surface area (Å²) in [5.41, 5.74) is 1.02. The van der Waals surface area contributed by atoms with E-state index in [1.807, 2.05) is 0 Å². The van der Waals surface area contributed by atoms with E-state index in [0.29, 0.717) is 18.5 Å². The van der Waals surface area contributed by atoms with Crippen LogP contribution in [0.3, 0.4) is 0 Å². The van der Waals surface area contributed by atoms with Gasteiger partial charge in [0.2, 0.25) is 0 Å². The van der Waals surface area contributed by atoms with Gasteiger partial charge in [-0.1, -0.05) is 6.07 Å². The molecular weight excluding hydrogens is 171 g/mol. The first-order valence-electron chi connectivity index (χ1n) is 4.07. The van der Waals surface area contributed by atoms with E-state index in [9.17, 15) is 9.18 Å². The summed E-state index contributed by atoms with van der Waals surface area (Å²) in [6.07, 6.45) is 0.614. The molecule has 0 radical (unpaired) electrons. The van der Waals surface area contributed by atoms with Crippen molar-refractivity contribution < 1.29 is 13.9 Å². The van der Waals surface area contributed by atoms with Crippen molar-refractivity contribution in [3.8, 4) is 5.75 Å². The molecule has 1 aromatic carbocycles. The molecule has 2 nitrogen and oxygen atoms in total. The Labute approximate surface area is 76.3 Å². The monoisotopic (exact) mass is 182 g/mol. The van der Waals surface area contributed by atoms with E-state index in [1.165, 1.54) is 6.07 Å². The Kier molecular flexibility index (Phi) is 3.01. The minimum absolute atomic E-state index is 0.0532. The third-order valence-electron chi connectivity index (χ3n) is 1.77. The fraction of sp³-hybridized carbons (Fsp3) is 0.300. The predicted molar refractivity (Wildman–Crippen MR) is 47.7 cm³/mol. The van der Waals surface area contributed by atoms with Crippen molar-refractivity contribution in [2.45, 2.75) is 13.8 Å². The number of benzene rings is 1. The summed E-state index contributed by atoms with van der Waals surface area (Å²) in [4.78, 5) is 10.6. The van der Waals surface area contributed by atoms with Gasteiger partial charge in [0.15, 0.2) is 17.9 Å². The lowest BCUT2D eigenvalue weighted by Crippen LogP contribution is -2.00. The molecular formula is C10H11FO2. The largest absolute Gasteiger partial charge is 0.490 e. The molecule has 13 heavy (non-hydrogen) atoms. The van der Waals surface area contributed by atoms with E-state index in [4.69, 9.17) is 4.74 Å². The molecule has 3 heteroatoms. The number of aryl methyl sites for hydroxylation is 1. The Morgan fingerprint density at radius 2 is 2.23 bits per heavy atom. The van der Waals surface area contributed by atoms with Crippen LogP contribution < -0.4 is 4.74 Å². The Hall–Kier alpha value is -1.38. The summed E-state index contributed by atoms with van der Waals surface area (Å²) in [6.45, 7) is 3.84. The van der Waals surface area contributed by atoms with E-state index in [0.717, 1.165) is 5.56 Å². The number of ether oxygens (including phenoxy) is 1. The molecule has 0 aromatic heterocycles. The zero-order chi connectivity index (χ0) is 9.84. The molecule has 0 saturated heterocycles. The molecule has 0 fully saturated rings. The van der Waals surface area contributed by atoms with E-state index >= 15 is 0 Å². The van der Waals surface area contributed by atoms with Gasteiger partial charge in [-0.2, -0.15) is 0 Å². The topological polar surface area (TPSA) is 26.3 Å². The first kappa shape index (κ1) is 9.71. The molecule has 0 bridgehead atoms. The number of aldehydes is 1. The second-order valence-corrected chi connectivity index (χ2v) is 2.66. The van der Waals surface area contributed by atoms with Gasteiger partial charge in [0, 0.05) is 0 Å². The first-order chi connectivity index (χ1) is 6.20. The maximum absolute atomic E-state index is 13.1. The molecule has 0 aliphatic carbocycles. The fourth-order valence-electron chi connectivity index (χ4n) is 1.11. The third-order valence-corrected chi connectivity index (χ3v) is 1.77. The Bertz CT molecular complexity index is 321. The summed E-state index contributed by atoms with van der Waals surface area (Å²) in [6, 6.07) is 2.86. The Balaban J connectivity index is 3.25. The van der Waals surface area contributed by atoms with E-state index in [1.54, 1.807) is 19.9 Å². The van der Waals surface area contributed by atoms with Crippen molar-refractivity contribution in [1.82, 2.24) is 0 Å². The zero-order valence-corrected chi connectivity index (χ0v) is 7.63. The zero-order valence-electron chi connectivity index (χ0n) is 7.63. The quantitative estimate of drug-likeness (QED) is 0.670. The highest BCUT2D eigenvalue weighted by atomic mass is 19.1. The van der Waals surface area contributed by atoms with E-state index in [2.05, 4.69) is 0 Å². The average Bonchev–Trinajstić information content (AvgIpc) is 2.12. The number of hydrogen-bond acceptors (Lipinski definition) is 2. The number of rotatable bonds is 3. The van der Waals surface area contributed by atoms with E-state index < -0.39 is 5.82 Å². The van der Waals surface area contributed by atoms with Crippen molar-refractivity contribution in [1.29, 1.82) is 0 Å². The Morgan fingerprint density at radius 1 is 1.54 bits per heavy atom. The van der Waals surface area contributed by atoms with Crippen molar-refractivity contribution >= 4 is 6.29 Å². The van der Waals surface area contributed by atoms with Crippen LogP contribution in [0.1, 0.15) is 22.8 Å². The molecule has 0 atom stereocenters. The molecule has 0 spiro atoms. The van der Waals surface area contributed by atoms with Crippen LogP contribution in [0, 0.1) is 12.7 Å². The summed E-state index contributed by atoms with van der Waals surface area (Å²) < 4.78 is 18.2. The minimum atomic E-state index is -0.491. The lowest BCUT2D eigenvalue weighted by molar-refractivity contribution is 0.111. The summed E-state index contributed by atoms with van der Waals surface area (Å²) in [5.74, 6) is -0.438. The van der Waals surface area contributed by atoms with Gasteiger partial charge < -0.3 is 4.74 Å². The number of carbonyl (C=O) groups excluding carboxylic acids is 1. The van der Waals surface area contributed by atoms with Crippen LogP contribution >= 0.6 is 0 Å². The highest BCUT2D eigenvalue weighted by Crippen LogP contribution is 2.24. The van der Waals surface area contributed by atoms with Gasteiger partial charge in [0.05, 0.1) is 12.2 Å². The van der Waals surface area contributed by atoms with Gasteiger partial charge in [-0.3, -0.25) is 4.79 Å². The lowest BCUT2D eigenvalue weighted by Gasteiger charge is -2.08. The normalized spacial score (nSPS) is 9.77. The number of halogens is 1. The van der Waals surface area contributed by atoms with Gasteiger partial charge in [-0.25, -0.2) is 4.39 Å². The van der Waals surface area contributed by atoms with E-state index in [-0.39, 0.29) is 5.75 Å². The van der Waals surface area contributed by atoms with Gasteiger partial charge in [0.25, 0.3) is 0 Å². The van der Waals surface area contributed by atoms with Gasteiger partial charge in [-0.05, 0) is 25.5 Å². The third kappa shape index (κ3) is 1.86. The molecule has 0 N–H and O–H groups in total. The van der Waals surface area contributed by atoms with Crippen molar-refractivity contribution in [3.05, 3.63) is 29.1 Å². The maximum atomic E-state index is 13.1. The molecule has 0 amide bonds. The molecule has 0 saturated carbocycles. The van der Waals surface area contributed by atoms with Crippen LogP contribution in [-0.4, -0.2) is 12.9 Å². The van der Waals surface area contributed by atoms with Crippen molar-refractivity contribution in [2.24, 2.45) is 0 Å². The predicted octanol–water partition coefficient (Wildman–Crippen LogP) is 2.35. The highest BCUT2D eigenvalue weighted by Gasteiger charge is 2.11.